The molecule has 106 valence electrons. The number of hydrogen-bond acceptors (Lipinski definition) is 4. The molecule has 0 fully saturated rings. The topological polar surface area (TPSA) is 80.5 Å². The lowest BCUT2D eigenvalue weighted by atomic mass is 10.3. The predicted molar refractivity (Wildman–Crippen MR) is 63.1 cm³/mol. The molecule has 0 bridgehead atoms. The van der Waals surface area contributed by atoms with E-state index in [4.69, 9.17) is 0 Å². The minimum Gasteiger partial charge on any atom is -0.258 e. The van der Waals surface area contributed by atoms with Gasteiger partial charge in [0.05, 0.1) is 4.92 Å². The molecule has 6 nitrogen and oxygen atoms in total. The van der Waals surface area contributed by atoms with Gasteiger partial charge in [-0.2, -0.15) is 8.70 Å². The third-order valence-corrected chi connectivity index (χ3v) is 4.59. The first kappa shape index (κ1) is 15.4. The molecule has 0 saturated heterocycles. The van der Waals surface area contributed by atoms with Crippen LogP contribution < -0.4 is 0 Å². The van der Waals surface area contributed by atoms with Crippen molar-refractivity contribution in [2.45, 2.75) is 18.7 Å². The van der Waals surface area contributed by atoms with Gasteiger partial charge in [0, 0.05) is 25.2 Å². The summed E-state index contributed by atoms with van der Waals surface area (Å²) in [5.41, 5.74) is -1.08. The van der Waals surface area contributed by atoms with Crippen LogP contribution in [0.1, 0.15) is 13.8 Å². The van der Waals surface area contributed by atoms with Crippen LogP contribution in [0.3, 0.4) is 0 Å². The van der Waals surface area contributed by atoms with E-state index >= 15 is 0 Å². The summed E-state index contributed by atoms with van der Waals surface area (Å²) in [7, 11) is -4.22. The Morgan fingerprint density at radius 1 is 1.21 bits per heavy atom. The SMILES string of the molecule is CCN(CC)S(=O)(=O)c1cc([N+](=O)[O-])c(F)cc1F. The van der Waals surface area contributed by atoms with Crippen LogP contribution in [0.4, 0.5) is 14.5 Å². The molecule has 0 aliphatic heterocycles. The Balaban J connectivity index is 3.51. The van der Waals surface area contributed by atoms with Crippen molar-refractivity contribution in [3.63, 3.8) is 0 Å². The molecule has 0 aromatic heterocycles. The average Bonchev–Trinajstić information content (AvgIpc) is 2.29. The summed E-state index contributed by atoms with van der Waals surface area (Å²) in [4.78, 5) is 8.56. The molecule has 0 amide bonds. The van der Waals surface area contributed by atoms with Crippen LogP contribution in [-0.2, 0) is 10.0 Å². The minimum absolute atomic E-state index is 0.0729. The molecular weight excluding hydrogens is 282 g/mol. The molecule has 0 saturated carbocycles. The normalized spacial score (nSPS) is 11.8. The lowest BCUT2D eigenvalue weighted by molar-refractivity contribution is -0.387. The van der Waals surface area contributed by atoms with E-state index in [-0.39, 0.29) is 19.2 Å². The van der Waals surface area contributed by atoms with Gasteiger partial charge in [0.15, 0.2) is 0 Å². The number of halogens is 2. The molecule has 0 unspecified atom stereocenters. The second-order valence-corrected chi connectivity index (χ2v) is 5.49. The van der Waals surface area contributed by atoms with E-state index in [1.807, 2.05) is 0 Å². The summed E-state index contributed by atoms with van der Waals surface area (Å²) < 4.78 is 51.7. The zero-order valence-corrected chi connectivity index (χ0v) is 11.1. The molecule has 0 aliphatic rings. The summed E-state index contributed by atoms with van der Waals surface area (Å²) in [5.74, 6) is -2.77. The molecule has 0 spiro atoms. The van der Waals surface area contributed by atoms with Crippen LogP contribution in [0.25, 0.3) is 0 Å². The highest BCUT2D eigenvalue weighted by molar-refractivity contribution is 7.89. The van der Waals surface area contributed by atoms with Crippen LogP contribution in [0.5, 0.6) is 0 Å². The smallest absolute Gasteiger partial charge is 0.258 e. The molecule has 0 aliphatic carbocycles. The van der Waals surface area contributed by atoms with Crippen molar-refractivity contribution in [3.05, 3.63) is 33.9 Å². The lowest BCUT2D eigenvalue weighted by Gasteiger charge is -2.18. The maximum Gasteiger partial charge on any atom is 0.306 e. The van der Waals surface area contributed by atoms with E-state index < -0.39 is 37.2 Å². The van der Waals surface area contributed by atoms with Crippen LogP contribution >= 0.6 is 0 Å². The Morgan fingerprint density at radius 3 is 2.16 bits per heavy atom. The first-order chi connectivity index (χ1) is 8.75. The van der Waals surface area contributed by atoms with Gasteiger partial charge in [0.1, 0.15) is 10.7 Å². The van der Waals surface area contributed by atoms with Crippen molar-refractivity contribution >= 4 is 15.7 Å². The van der Waals surface area contributed by atoms with E-state index in [2.05, 4.69) is 0 Å². The molecule has 0 N–H and O–H groups in total. The summed E-state index contributed by atoms with van der Waals surface area (Å²) >= 11 is 0. The number of sulfonamides is 1. The Bertz CT molecular complexity index is 600. The quantitative estimate of drug-likeness (QED) is 0.613. The van der Waals surface area contributed by atoms with Crippen LogP contribution in [0.2, 0.25) is 0 Å². The first-order valence-electron chi connectivity index (χ1n) is 5.39. The van der Waals surface area contributed by atoms with Crippen LogP contribution in [0, 0.1) is 21.7 Å². The lowest BCUT2D eigenvalue weighted by Crippen LogP contribution is -2.31. The predicted octanol–water partition coefficient (Wildman–Crippen LogP) is 1.90. The van der Waals surface area contributed by atoms with Gasteiger partial charge >= 0.3 is 5.69 Å². The van der Waals surface area contributed by atoms with Gasteiger partial charge < -0.3 is 0 Å². The number of rotatable bonds is 5. The highest BCUT2D eigenvalue weighted by Crippen LogP contribution is 2.26. The Labute approximate surface area is 108 Å². The summed E-state index contributed by atoms with van der Waals surface area (Å²) in [5, 5.41) is 10.6. The summed E-state index contributed by atoms with van der Waals surface area (Å²) in [6, 6.07) is 0.604. The molecule has 1 aromatic carbocycles. The Hall–Kier alpha value is -1.61. The molecule has 0 heterocycles. The molecule has 0 radical (unpaired) electrons. The van der Waals surface area contributed by atoms with Gasteiger partial charge in [-0.3, -0.25) is 10.1 Å². The van der Waals surface area contributed by atoms with Crippen molar-refractivity contribution in [3.8, 4) is 0 Å². The van der Waals surface area contributed by atoms with Crippen molar-refractivity contribution < 1.29 is 22.1 Å². The van der Waals surface area contributed by atoms with E-state index in [9.17, 15) is 27.3 Å². The van der Waals surface area contributed by atoms with E-state index in [0.29, 0.717) is 6.07 Å². The Kier molecular flexibility index (Phi) is 4.53. The van der Waals surface area contributed by atoms with Crippen LogP contribution in [0.15, 0.2) is 17.0 Å². The maximum atomic E-state index is 13.6. The third kappa shape index (κ3) is 2.87. The van der Waals surface area contributed by atoms with Gasteiger partial charge in [-0.1, -0.05) is 13.8 Å². The monoisotopic (exact) mass is 294 g/mol. The van der Waals surface area contributed by atoms with Crippen molar-refractivity contribution in [2.75, 3.05) is 13.1 Å². The molecule has 0 atom stereocenters. The van der Waals surface area contributed by atoms with E-state index in [0.717, 1.165) is 4.31 Å². The second-order valence-electron chi connectivity index (χ2n) is 3.58. The first-order valence-corrected chi connectivity index (χ1v) is 6.83. The summed E-state index contributed by atoms with van der Waals surface area (Å²) in [6.45, 7) is 3.22. The standard InChI is InChI=1S/C10H12F2N2O4S/c1-3-13(4-2)19(17,18)10-6-9(14(15)16)7(11)5-8(10)12/h5-6H,3-4H2,1-2H3. The van der Waals surface area contributed by atoms with Gasteiger partial charge in [-0.05, 0) is 0 Å². The zero-order valence-electron chi connectivity index (χ0n) is 10.3. The highest BCUT2D eigenvalue weighted by atomic mass is 32.2. The number of nitrogens with zero attached hydrogens (tertiary/aromatic N) is 2. The van der Waals surface area contributed by atoms with E-state index in [1.54, 1.807) is 0 Å². The average molecular weight is 294 g/mol. The molecule has 9 heteroatoms. The van der Waals surface area contributed by atoms with Gasteiger partial charge in [-0.25, -0.2) is 12.8 Å². The minimum atomic E-state index is -4.22. The number of benzene rings is 1. The molecule has 19 heavy (non-hydrogen) atoms. The molecule has 1 rings (SSSR count). The van der Waals surface area contributed by atoms with Gasteiger partial charge in [0.2, 0.25) is 15.8 Å². The fourth-order valence-corrected chi connectivity index (χ4v) is 3.08. The maximum absolute atomic E-state index is 13.6. The fraction of sp³-hybridized carbons (Fsp3) is 0.400. The Morgan fingerprint density at radius 2 is 1.74 bits per heavy atom. The second kappa shape index (κ2) is 5.57. The van der Waals surface area contributed by atoms with Crippen molar-refractivity contribution in [2.24, 2.45) is 0 Å². The van der Waals surface area contributed by atoms with Crippen molar-refractivity contribution in [1.82, 2.24) is 4.31 Å². The number of hydrogen-bond donors (Lipinski definition) is 0. The van der Waals surface area contributed by atoms with Crippen LogP contribution in [-0.4, -0.2) is 30.7 Å². The molecule has 1 aromatic rings. The fourth-order valence-electron chi connectivity index (χ4n) is 1.56. The molecular formula is C10H12F2N2O4S. The largest absolute Gasteiger partial charge is 0.306 e. The number of nitro groups is 1. The number of nitro benzene ring substituents is 1. The van der Waals surface area contributed by atoms with Gasteiger partial charge in [0.25, 0.3) is 0 Å². The zero-order chi connectivity index (χ0) is 14.8. The third-order valence-electron chi connectivity index (χ3n) is 2.52. The van der Waals surface area contributed by atoms with Crippen molar-refractivity contribution in [1.29, 1.82) is 0 Å². The van der Waals surface area contributed by atoms with Gasteiger partial charge in [-0.15, -0.1) is 0 Å². The highest BCUT2D eigenvalue weighted by Gasteiger charge is 2.29. The van der Waals surface area contributed by atoms with E-state index in [1.165, 1.54) is 13.8 Å². The summed E-state index contributed by atoms with van der Waals surface area (Å²) in [6.07, 6.45) is 0.